The number of hydrogen-bond acceptors (Lipinski definition) is 1. The summed E-state index contributed by atoms with van der Waals surface area (Å²) in [7, 11) is 0. The number of benzene rings is 1. The van der Waals surface area contributed by atoms with E-state index in [0.29, 0.717) is 0 Å². The summed E-state index contributed by atoms with van der Waals surface area (Å²) in [6, 6.07) is 8.51. The van der Waals surface area contributed by atoms with Gasteiger partial charge in [-0.3, -0.25) is 0 Å². The maximum Gasteiger partial charge on any atom is 0.00401 e. The van der Waals surface area contributed by atoms with Gasteiger partial charge in [-0.25, -0.2) is 0 Å². The minimum absolute atomic E-state index is 0.864. The van der Waals surface area contributed by atoms with E-state index in [1.165, 1.54) is 68.9 Å². The van der Waals surface area contributed by atoms with Gasteiger partial charge in [-0.05, 0) is 61.6 Å². The zero-order valence-corrected chi connectivity index (χ0v) is 19.5. The highest BCUT2D eigenvalue weighted by Gasteiger charge is 2.06. The Hall–Kier alpha value is -0.690. The van der Waals surface area contributed by atoms with Gasteiger partial charge in [-0.1, -0.05) is 96.4 Å². The smallest absolute Gasteiger partial charge is 0.00401 e. The molecule has 27 heavy (non-hydrogen) atoms. The number of thiol groups is 1. The van der Waals surface area contributed by atoms with E-state index in [1.807, 2.05) is 0 Å². The van der Waals surface area contributed by atoms with Crippen LogP contribution in [-0.2, 0) is 6.42 Å². The Bertz CT molecular complexity index is 512. The largest absolute Gasteiger partial charge is 0.143 e. The Kier molecular flexibility index (Phi) is 12.9. The normalized spacial score (nSPS) is 14.6. The van der Waals surface area contributed by atoms with Gasteiger partial charge in [0.15, 0.2) is 0 Å². The quantitative estimate of drug-likeness (QED) is 0.239. The van der Waals surface area contributed by atoms with Crippen LogP contribution in [0.2, 0.25) is 0 Å². The molecule has 0 spiro atoms. The van der Waals surface area contributed by atoms with Crippen molar-refractivity contribution in [3.63, 3.8) is 0 Å². The first kappa shape index (κ1) is 24.3. The molecular weight excluding hydrogens is 344 g/mol. The highest BCUT2D eigenvalue weighted by Crippen LogP contribution is 2.22. The molecule has 0 aliphatic heterocycles. The van der Waals surface area contributed by atoms with E-state index in [0.717, 1.165) is 29.1 Å². The molecule has 0 nitrogen and oxygen atoms in total. The van der Waals surface area contributed by atoms with Crippen LogP contribution in [0.3, 0.4) is 0 Å². The van der Waals surface area contributed by atoms with Gasteiger partial charge >= 0.3 is 0 Å². The summed E-state index contributed by atoms with van der Waals surface area (Å²) in [6.07, 6.45) is 15.9. The van der Waals surface area contributed by atoms with Crippen molar-refractivity contribution < 1.29 is 0 Å². The number of rotatable bonds is 14. The Morgan fingerprint density at radius 1 is 0.815 bits per heavy atom. The fraction of sp³-hybridized carbons (Fsp3) is 0.692. The number of allylic oxidation sites excluding steroid dienone is 2. The molecule has 0 radical (unpaired) electrons. The van der Waals surface area contributed by atoms with Crippen molar-refractivity contribution in [1.82, 2.24) is 0 Å². The van der Waals surface area contributed by atoms with E-state index in [9.17, 15) is 0 Å². The molecule has 0 fully saturated rings. The molecule has 154 valence electrons. The van der Waals surface area contributed by atoms with Crippen LogP contribution in [0.5, 0.6) is 0 Å². The first-order chi connectivity index (χ1) is 12.9. The maximum absolute atomic E-state index is 4.35. The molecule has 0 N–H and O–H groups in total. The van der Waals surface area contributed by atoms with Crippen molar-refractivity contribution in [2.45, 2.75) is 104 Å². The van der Waals surface area contributed by atoms with Gasteiger partial charge in [0.2, 0.25) is 0 Å². The molecular formula is C26H44S. The lowest BCUT2D eigenvalue weighted by molar-refractivity contribution is 0.389. The molecule has 0 saturated carbocycles. The second-order valence-corrected chi connectivity index (χ2v) is 9.80. The zero-order valence-electron chi connectivity index (χ0n) is 18.6. The van der Waals surface area contributed by atoms with Crippen molar-refractivity contribution in [3.8, 4) is 0 Å². The van der Waals surface area contributed by atoms with Gasteiger partial charge in [-0.2, -0.15) is 0 Å². The van der Waals surface area contributed by atoms with Crippen LogP contribution in [0.1, 0.15) is 98.0 Å². The summed E-state index contributed by atoms with van der Waals surface area (Å²) < 4.78 is 0. The second-order valence-electron chi connectivity index (χ2n) is 9.28. The molecule has 2 atom stereocenters. The summed E-state index contributed by atoms with van der Waals surface area (Å²) in [5, 5.41) is 0. The van der Waals surface area contributed by atoms with Crippen LogP contribution in [0, 0.1) is 17.8 Å². The predicted molar refractivity (Wildman–Crippen MR) is 126 cm³/mol. The van der Waals surface area contributed by atoms with Crippen molar-refractivity contribution in [1.29, 1.82) is 0 Å². The monoisotopic (exact) mass is 388 g/mol. The van der Waals surface area contributed by atoms with Crippen molar-refractivity contribution >= 4 is 12.6 Å². The minimum Gasteiger partial charge on any atom is -0.143 e. The molecule has 0 amide bonds. The molecule has 0 unspecified atom stereocenters. The van der Waals surface area contributed by atoms with Crippen LogP contribution < -0.4 is 0 Å². The van der Waals surface area contributed by atoms with Crippen molar-refractivity contribution in [3.05, 3.63) is 41.5 Å². The van der Waals surface area contributed by atoms with Crippen molar-refractivity contribution in [2.75, 3.05) is 0 Å². The zero-order chi connectivity index (χ0) is 20.1. The van der Waals surface area contributed by atoms with Gasteiger partial charge in [-0.15, -0.1) is 12.6 Å². The second kappa shape index (κ2) is 14.3. The third kappa shape index (κ3) is 13.2. The molecule has 0 aliphatic carbocycles. The maximum atomic E-state index is 4.35. The lowest BCUT2D eigenvalue weighted by Crippen LogP contribution is -2.00. The fourth-order valence-corrected chi connectivity index (χ4v) is 3.88. The molecule has 1 rings (SSSR count). The van der Waals surface area contributed by atoms with E-state index >= 15 is 0 Å². The van der Waals surface area contributed by atoms with Crippen LogP contribution in [0.25, 0.3) is 0 Å². The summed E-state index contributed by atoms with van der Waals surface area (Å²) in [4.78, 5) is 1.04. The molecule has 1 aromatic carbocycles. The van der Waals surface area contributed by atoms with E-state index < -0.39 is 0 Å². The lowest BCUT2D eigenvalue weighted by atomic mass is 9.91. The van der Waals surface area contributed by atoms with Crippen LogP contribution in [0.4, 0.5) is 0 Å². The van der Waals surface area contributed by atoms with Gasteiger partial charge in [0.25, 0.3) is 0 Å². The first-order valence-corrected chi connectivity index (χ1v) is 11.7. The average Bonchev–Trinajstić information content (AvgIpc) is 2.61. The predicted octanol–water partition coefficient (Wildman–Crippen LogP) is 8.90. The SMILES string of the molecule is C/C(=C\Cc1ccc(S)cc1)CCC[C@H](C)CCC[C@H](C)CCCC(C)C. The molecule has 0 aromatic heterocycles. The number of hydrogen-bond donors (Lipinski definition) is 1. The molecule has 0 bridgehead atoms. The van der Waals surface area contributed by atoms with Crippen molar-refractivity contribution in [2.24, 2.45) is 17.8 Å². The van der Waals surface area contributed by atoms with Crippen LogP contribution >= 0.6 is 12.6 Å². The highest BCUT2D eigenvalue weighted by atomic mass is 32.1. The molecule has 0 saturated heterocycles. The third-order valence-corrected chi connectivity index (χ3v) is 6.06. The van der Waals surface area contributed by atoms with Gasteiger partial charge < -0.3 is 0 Å². The Labute approximate surface area is 175 Å². The Morgan fingerprint density at radius 3 is 1.89 bits per heavy atom. The standard InChI is InChI=1S/C26H44S/c1-21(2)9-6-10-22(3)11-7-12-23(4)13-8-14-24(5)15-16-25-17-19-26(27)20-18-25/h15,17-23,27H,6-14,16H2,1-5H3/b24-15+/t22-,23-/m1/s1. The average molecular weight is 389 g/mol. The third-order valence-electron chi connectivity index (χ3n) is 5.76. The van der Waals surface area contributed by atoms with Crippen LogP contribution in [-0.4, -0.2) is 0 Å². The fourth-order valence-electron chi connectivity index (χ4n) is 3.73. The molecule has 1 heteroatoms. The van der Waals surface area contributed by atoms with E-state index in [-0.39, 0.29) is 0 Å². The van der Waals surface area contributed by atoms with Gasteiger partial charge in [0, 0.05) is 4.90 Å². The molecule has 0 heterocycles. The summed E-state index contributed by atoms with van der Waals surface area (Å²) in [6.45, 7) is 11.9. The Morgan fingerprint density at radius 2 is 1.33 bits per heavy atom. The Balaban J connectivity index is 2.09. The van der Waals surface area contributed by atoms with E-state index in [2.05, 4.69) is 77.6 Å². The lowest BCUT2D eigenvalue weighted by Gasteiger charge is -2.15. The summed E-state index contributed by atoms with van der Waals surface area (Å²) >= 11 is 4.35. The van der Waals surface area contributed by atoms with E-state index in [4.69, 9.17) is 0 Å². The topological polar surface area (TPSA) is 0 Å². The van der Waals surface area contributed by atoms with Gasteiger partial charge in [0.1, 0.15) is 0 Å². The highest BCUT2D eigenvalue weighted by molar-refractivity contribution is 7.80. The summed E-state index contributed by atoms with van der Waals surface area (Å²) in [5.41, 5.74) is 2.92. The van der Waals surface area contributed by atoms with Gasteiger partial charge in [0.05, 0.1) is 0 Å². The van der Waals surface area contributed by atoms with Crippen LogP contribution in [0.15, 0.2) is 40.8 Å². The summed E-state index contributed by atoms with van der Waals surface area (Å²) in [5.74, 6) is 2.66. The first-order valence-electron chi connectivity index (χ1n) is 11.3. The minimum atomic E-state index is 0.864. The molecule has 0 aliphatic rings. The van der Waals surface area contributed by atoms with E-state index in [1.54, 1.807) is 0 Å². The molecule has 1 aromatic rings.